The third-order valence-electron chi connectivity index (χ3n) is 4.51. The van der Waals surface area contributed by atoms with Crippen molar-refractivity contribution in [1.29, 1.82) is 0 Å². The van der Waals surface area contributed by atoms with Crippen molar-refractivity contribution in [3.63, 3.8) is 0 Å². The zero-order chi connectivity index (χ0) is 16.7. The van der Waals surface area contributed by atoms with Gasteiger partial charge < -0.3 is 9.84 Å². The number of likely N-dealkylation sites (tertiary alicyclic amines) is 1. The SMILES string of the molecule is CC(C)CCC(O)(C(=O)OCCN1CCCC1)c1ccccc1.Cl. The van der Waals surface area contributed by atoms with E-state index in [9.17, 15) is 9.90 Å². The molecule has 1 aliphatic rings. The van der Waals surface area contributed by atoms with Crippen molar-refractivity contribution in [2.75, 3.05) is 26.2 Å². The summed E-state index contributed by atoms with van der Waals surface area (Å²) in [5.41, 5.74) is -0.928. The van der Waals surface area contributed by atoms with Crippen LogP contribution in [0.15, 0.2) is 30.3 Å². The van der Waals surface area contributed by atoms with Crippen LogP contribution in [0.4, 0.5) is 0 Å². The molecule has 1 atom stereocenters. The Labute approximate surface area is 151 Å². The second-order valence-electron chi connectivity index (χ2n) is 6.84. The van der Waals surface area contributed by atoms with Crippen LogP contribution in [-0.2, 0) is 15.1 Å². The molecule has 1 fully saturated rings. The molecular formula is C19H30ClNO3. The molecule has 0 aliphatic carbocycles. The Morgan fingerprint density at radius 3 is 2.46 bits per heavy atom. The smallest absolute Gasteiger partial charge is 0.342 e. The third kappa shape index (κ3) is 5.76. The summed E-state index contributed by atoms with van der Waals surface area (Å²) in [5, 5.41) is 11.0. The van der Waals surface area contributed by atoms with Crippen LogP contribution < -0.4 is 0 Å². The summed E-state index contributed by atoms with van der Waals surface area (Å²) < 4.78 is 5.43. The van der Waals surface area contributed by atoms with Gasteiger partial charge >= 0.3 is 5.97 Å². The second-order valence-corrected chi connectivity index (χ2v) is 6.84. The van der Waals surface area contributed by atoms with Crippen LogP contribution in [0.5, 0.6) is 0 Å². The summed E-state index contributed by atoms with van der Waals surface area (Å²) in [5.74, 6) is -0.105. The number of hydrogen-bond donors (Lipinski definition) is 1. The lowest BCUT2D eigenvalue weighted by Gasteiger charge is -2.27. The maximum Gasteiger partial charge on any atom is 0.342 e. The van der Waals surface area contributed by atoms with Crippen LogP contribution in [0.3, 0.4) is 0 Å². The van der Waals surface area contributed by atoms with E-state index in [2.05, 4.69) is 18.7 Å². The molecule has 1 aliphatic heterocycles. The fraction of sp³-hybridized carbons (Fsp3) is 0.632. The second kappa shape index (κ2) is 10.0. The predicted molar refractivity (Wildman–Crippen MR) is 98.3 cm³/mol. The van der Waals surface area contributed by atoms with Gasteiger partial charge in [-0.3, -0.25) is 4.90 Å². The first-order valence-corrected chi connectivity index (χ1v) is 8.70. The highest BCUT2D eigenvalue weighted by Crippen LogP contribution is 2.29. The maximum atomic E-state index is 12.6. The molecule has 0 aromatic heterocycles. The molecule has 1 N–H and O–H groups in total. The number of esters is 1. The zero-order valence-corrected chi connectivity index (χ0v) is 15.6. The molecule has 5 heteroatoms. The average molecular weight is 356 g/mol. The molecule has 0 bridgehead atoms. The van der Waals surface area contributed by atoms with Gasteiger partial charge in [0.1, 0.15) is 6.61 Å². The highest BCUT2D eigenvalue weighted by molar-refractivity contribution is 5.85. The van der Waals surface area contributed by atoms with E-state index in [0.29, 0.717) is 24.5 Å². The Hall–Kier alpha value is -1.10. The summed E-state index contributed by atoms with van der Waals surface area (Å²) in [4.78, 5) is 14.9. The number of halogens is 1. The van der Waals surface area contributed by atoms with E-state index in [1.807, 2.05) is 18.2 Å². The van der Waals surface area contributed by atoms with Crippen LogP contribution in [0, 0.1) is 5.92 Å². The number of benzene rings is 1. The lowest BCUT2D eigenvalue weighted by Crippen LogP contribution is -2.39. The molecule has 1 aromatic rings. The molecule has 2 rings (SSSR count). The zero-order valence-electron chi connectivity index (χ0n) is 14.7. The Balaban J connectivity index is 0.00000288. The quantitative estimate of drug-likeness (QED) is 0.726. The monoisotopic (exact) mass is 355 g/mol. The number of carbonyl (C=O) groups is 1. The fourth-order valence-corrected chi connectivity index (χ4v) is 2.97. The minimum absolute atomic E-state index is 0. The van der Waals surface area contributed by atoms with Crippen LogP contribution in [-0.4, -0.2) is 42.2 Å². The molecule has 1 saturated heterocycles. The first-order valence-electron chi connectivity index (χ1n) is 8.70. The third-order valence-corrected chi connectivity index (χ3v) is 4.51. The predicted octanol–water partition coefficient (Wildman–Crippen LogP) is 3.37. The minimum atomic E-state index is -1.55. The lowest BCUT2D eigenvalue weighted by molar-refractivity contribution is -0.168. The van der Waals surface area contributed by atoms with Crippen molar-refractivity contribution >= 4 is 18.4 Å². The molecule has 24 heavy (non-hydrogen) atoms. The molecule has 0 radical (unpaired) electrons. The molecular weight excluding hydrogens is 326 g/mol. The first kappa shape index (κ1) is 20.9. The standard InChI is InChI=1S/C19H29NO3.ClH/c1-16(2)10-11-19(22,17-8-4-3-5-9-17)18(21)23-15-14-20-12-6-7-13-20;/h3-5,8-9,16,22H,6-7,10-15H2,1-2H3;1H. The Morgan fingerprint density at radius 1 is 1.25 bits per heavy atom. The van der Waals surface area contributed by atoms with E-state index < -0.39 is 11.6 Å². The fourth-order valence-electron chi connectivity index (χ4n) is 2.97. The summed E-state index contributed by atoms with van der Waals surface area (Å²) in [6, 6.07) is 9.15. The van der Waals surface area contributed by atoms with E-state index in [4.69, 9.17) is 4.74 Å². The van der Waals surface area contributed by atoms with E-state index in [1.54, 1.807) is 12.1 Å². The number of nitrogens with zero attached hydrogens (tertiary/aromatic N) is 1. The van der Waals surface area contributed by atoms with Gasteiger partial charge in [0.2, 0.25) is 0 Å². The Kier molecular flexibility index (Phi) is 8.74. The van der Waals surface area contributed by atoms with Crippen molar-refractivity contribution in [3.8, 4) is 0 Å². The number of carbonyl (C=O) groups excluding carboxylic acids is 1. The molecule has 1 unspecified atom stereocenters. The van der Waals surface area contributed by atoms with Gasteiger partial charge in [0.05, 0.1) is 0 Å². The lowest BCUT2D eigenvalue weighted by atomic mass is 9.87. The van der Waals surface area contributed by atoms with Gasteiger partial charge in [0.25, 0.3) is 0 Å². The van der Waals surface area contributed by atoms with Crippen LogP contribution in [0.2, 0.25) is 0 Å². The Morgan fingerprint density at radius 2 is 1.88 bits per heavy atom. The number of aliphatic hydroxyl groups is 1. The molecule has 1 aromatic carbocycles. The molecule has 0 saturated carbocycles. The molecule has 0 amide bonds. The maximum absolute atomic E-state index is 12.6. The van der Waals surface area contributed by atoms with Crippen LogP contribution in [0.1, 0.15) is 45.1 Å². The van der Waals surface area contributed by atoms with Crippen molar-refractivity contribution in [2.45, 2.75) is 45.1 Å². The molecule has 1 heterocycles. The van der Waals surface area contributed by atoms with Crippen molar-refractivity contribution < 1.29 is 14.6 Å². The molecule has 136 valence electrons. The topological polar surface area (TPSA) is 49.8 Å². The van der Waals surface area contributed by atoms with Gasteiger partial charge in [0.15, 0.2) is 5.60 Å². The van der Waals surface area contributed by atoms with Crippen molar-refractivity contribution in [2.24, 2.45) is 5.92 Å². The van der Waals surface area contributed by atoms with E-state index >= 15 is 0 Å². The van der Waals surface area contributed by atoms with Crippen LogP contribution in [0.25, 0.3) is 0 Å². The molecule has 4 nitrogen and oxygen atoms in total. The minimum Gasteiger partial charge on any atom is -0.462 e. The largest absolute Gasteiger partial charge is 0.462 e. The van der Waals surface area contributed by atoms with E-state index in [-0.39, 0.29) is 12.4 Å². The Bertz CT molecular complexity index is 489. The highest BCUT2D eigenvalue weighted by Gasteiger charge is 2.39. The van der Waals surface area contributed by atoms with Crippen LogP contribution >= 0.6 is 12.4 Å². The van der Waals surface area contributed by atoms with E-state index in [1.165, 1.54) is 12.8 Å². The summed E-state index contributed by atoms with van der Waals surface area (Å²) in [7, 11) is 0. The van der Waals surface area contributed by atoms with Gasteiger partial charge in [-0.25, -0.2) is 4.79 Å². The van der Waals surface area contributed by atoms with Gasteiger partial charge in [-0.1, -0.05) is 44.2 Å². The summed E-state index contributed by atoms with van der Waals surface area (Å²) in [6.45, 7) is 7.42. The van der Waals surface area contributed by atoms with E-state index in [0.717, 1.165) is 26.1 Å². The summed E-state index contributed by atoms with van der Waals surface area (Å²) in [6.07, 6.45) is 3.59. The molecule has 0 spiro atoms. The van der Waals surface area contributed by atoms with Gasteiger partial charge in [-0.2, -0.15) is 0 Å². The van der Waals surface area contributed by atoms with Gasteiger partial charge in [-0.05, 0) is 50.3 Å². The normalized spacial score (nSPS) is 17.3. The van der Waals surface area contributed by atoms with Crippen molar-refractivity contribution in [1.82, 2.24) is 4.90 Å². The summed E-state index contributed by atoms with van der Waals surface area (Å²) >= 11 is 0. The number of rotatable bonds is 8. The van der Waals surface area contributed by atoms with Crippen molar-refractivity contribution in [3.05, 3.63) is 35.9 Å². The highest BCUT2D eigenvalue weighted by atomic mass is 35.5. The van der Waals surface area contributed by atoms with Gasteiger partial charge in [-0.15, -0.1) is 12.4 Å². The average Bonchev–Trinajstić information content (AvgIpc) is 3.06. The number of hydrogen-bond acceptors (Lipinski definition) is 4. The number of ether oxygens (including phenoxy) is 1. The first-order chi connectivity index (χ1) is 11.0. The van der Waals surface area contributed by atoms with Gasteiger partial charge in [0, 0.05) is 6.54 Å².